The van der Waals surface area contributed by atoms with Crippen molar-refractivity contribution in [3.8, 4) is 22.3 Å². The molecule has 58 heavy (non-hydrogen) atoms. The predicted octanol–water partition coefficient (Wildman–Crippen LogP) is 15.0. The molecule has 10 aliphatic carbocycles. The van der Waals surface area contributed by atoms with Crippen molar-refractivity contribution in [1.82, 2.24) is 0 Å². The summed E-state index contributed by atoms with van der Waals surface area (Å²) < 4.78 is 2.74. The molecule has 0 unspecified atom stereocenters. The Morgan fingerprint density at radius 2 is 0.914 bits per heavy atom. The molecule has 8 fully saturated rings. The maximum Gasteiger partial charge on any atom is 0.0543 e. The van der Waals surface area contributed by atoms with Crippen molar-refractivity contribution in [2.45, 2.75) is 75.0 Å². The zero-order chi connectivity index (χ0) is 37.5. The minimum absolute atomic E-state index is 0.138. The molecule has 2 spiro atoms. The zero-order valence-electron chi connectivity index (χ0n) is 33.2. The highest BCUT2D eigenvalue weighted by atomic mass is 32.1. The van der Waals surface area contributed by atoms with Gasteiger partial charge >= 0.3 is 0 Å². The van der Waals surface area contributed by atoms with Crippen molar-refractivity contribution >= 4 is 48.6 Å². The summed E-state index contributed by atoms with van der Waals surface area (Å²) in [6.07, 6.45) is 14.3. The fourth-order valence-corrected chi connectivity index (χ4v) is 18.1. The van der Waals surface area contributed by atoms with Crippen LogP contribution >= 0.6 is 11.3 Å². The third kappa shape index (κ3) is 3.83. The average Bonchev–Trinajstić information content (AvgIpc) is 3.87. The van der Waals surface area contributed by atoms with E-state index in [0.717, 1.165) is 47.3 Å². The van der Waals surface area contributed by atoms with E-state index in [0.29, 0.717) is 0 Å². The molecule has 284 valence electrons. The molecular weight excluding hydrogens is 719 g/mol. The Morgan fingerprint density at radius 1 is 0.397 bits per heavy atom. The number of hydrogen-bond donors (Lipinski definition) is 0. The number of hydrogen-bond acceptors (Lipinski definition) is 2. The maximum atomic E-state index is 2.69. The highest BCUT2D eigenvalue weighted by molar-refractivity contribution is 7.25. The van der Waals surface area contributed by atoms with E-state index in [9.17, 15) is 0 Å². The summed E-state index contributed by atoms with van der Waals surface area (Å²) in [6, 6.07) is 51.0. The van der Waals surface area contributed by atoms with E-state index >= 15 is 0 Å². The van der Waals surface area contributed by atoms with Crippen LogP contribution in [-0.2, 0) is 10.8 Å². The Kier molecular flexibility index (Phi) is 6.18. The first-order valence-electron chi connectivity index (χ1n) is 22.9. The van der Waals surface area contributed by atoms with E-state index in [4.69, 9.17) is 0 Å². The van der Waals surface area contributed by atoms with Gasteiger partial charge in [0.25, 0.3) is 0 Å². The van der Waals surface area contributed by atoms with Gasteiger partial charge in [0.2, 0.25) is 0 Å². The van der Waals surface area contributed by atoms with Crippen LogP contribution in [0.3, 0.4) is 0 Å². The number of fused-ring (bicyclic) bond motifs is 9. The third-order valence-corrected chi connectivity index (χ3v) is 19.3. The lowest BCUT2D eigenvalue weighted by Gasteiger charge is -2.61. The van der Waals surface area contributed by atoms with Crippen LogP contribution in [0, 0.1) is 47.3 Å². The third-order valence-electron chi connectivity index (χ3n) is 18.2. The molecule has 1 aromatic heterocycles. The van der Waals surface area contributed by atoms with Gasteiger partial charge in [0.05, 0.1) is 5.69 Å². The first-order chi connectivity index (χ1) is 28.7. The fraction of sp³-hybridized carbons (Fsp3) is 0.357. The molecule has 0 radical (unpaired) electrons. The lowest BCUT2D eigenvalue weighted by Crippen LogP contribution is -2.55. The molecule has 7 aromatic rings. The summed E-state index contributed by atoms with van der Waals surface area (Å²) in [7, 11) is 0. The Bertz CT molecular complexity index is 2850. The Labute approximate surface area is 346 Å². The van der Waals surface area contributed by atoms with Gasteiger partial charge in [-0.3, -0.25) is 0 Å². The Balaban J connectivity index is 0.979. The molecule has 8 saturated carbocycles. The molecule has 2 heteroatoms. The summed E-state index contributed by atoms with van der Waals surface area (Å²) >= 11 is 1.94. The van der Waals surface area contributed by atoms with Gasteiger partial charge in [0.1, 0.15) is 0 Å². The minimum atomic E-state index is 0.138. The predicted molar refractivity (Wildman–Crippen MR) is 241 cm³/mol. The van der Waals surface area contributed by atoms with E-state index in [1.807, 2.05) is 11.3 Å². The summed E-state index contributed by atoms with van der Waals surface area (Å²) in [4.78, 5) is 2.69. The van der Waals surface area contributed by atoms with Crippen LogP contribution in [0.4, 0.5) is 17.1 Å². The van der Waals surface area contributed by atoms with E-state index < -0.39 is 0 Å². The van der Waals surface area contributed by atoms with Crippen molar-refractivity contribution in [3.05, 3.63) is 150 Å². The van der Waals surface area contributed by atoms with Gasteiger partial charge in [-0.25, -0.2) is 0 Å². The highest BCUT2D eigenvalue weighted by Crippen LogP contribution is 2.72. The molecule has 1 heterocycles. The molecule has 0 N–H and O–H groups in total. The SMILES string of the molecule is c1ccc2c(c1)-c1cc(N(c3ccc4c(c3)sc3ccccc34)c3cccc4c3-c3ccccc3C43C4CC5CC(C4)CC3C5)ccc1C21C2CC3CC(C2)CC1C3. The van der Waals surface area contributed by atoms with Gasteiger partial charge in [-0.15, -0.1) is 11.3 Å². The average molecular weight is 768 g/mol. The van der Waals surface area contributed by atoms with Crippen LogP contribution in [0.25, 0.3) is 42.4 Å². The van der Waals surface area contributed by atoms with Gasteiger partial charge in [-0.05, 0) is 187 Å². The molecule has 0 saturated heterocycles. The normalized spacial score (nSPS) is 33.7. The van der Waals surface area contributed by atoms with Crippen molar-refractivity contribution in [2.24, 2.45) is 47.3 Å². The van der Waals surface area contributed by atoms with E-state index in [-0.39, 0.29) is 10.8 Å². The smallest absolute Gasteiger partial charge is 0.0543 e. The van der Waals surface area contributed by atoms with E-state index in [2.05, 4.69) is 132 Å². The summed E-state index contributed by atoms with van der Waals surface area (Å²) in [5, 5.41) is 2.74. The number of thiophene rings is 1. The zero-order valence-corrected chi connectivity index (χ0v) is 34.0. The second kappa shape index (κ2) is 11.1. The van der Waals surface area contributed by atoms with E-state index in [1.54, 1.807) is 22.3 Å². The van der Waals surface area contributed by atoms with Gasteiger partial charge in [0.15, 0.2) is 0 Å². The quantitative estimate of drug-likeness (QED) is 0.173. The highest BCUT2D eigenvalue weighted by Gasteiger charge is 2.63. The number of anilines is 3. The molecule has 17 rings (SSSR count). The maximum absolute atomic E-state index is 2.69. The van der Waals surface area contributed by atoms with Gasteiger partial charge in [0, 0.05) is 47.9 Å². The Hall–Kier alpha value is -4.66. The number of nitrogens with zero attached hydrogens (tertiary/aromatic N) is 1. The molecule has 0 amide bonds. The number of benzene rings is 6. The molecule has 1 nitrogen and oxygen atoms in total. The first kappa shape index (κ1) is 32.2. The van der Waals surface area contributed by atoms with Crippen LogP contribution in [0.5, 0.6) is 0 Å². The summed E-state index contributed by atoms with van der Waals surface area (Å²) in [6.45, 7) is 0. The fourth-order valence-electron chi connectivity index (χ4n) is 16.9. The Morgan fingerprint density at radius 3 is 1.62 bits per heavy atom. The van der Waals surface area contributed by atoms with Gasteiger partial charge in [-0.2, -0.15) is 0 Å². The summed E-state index contributed by atoms with van der Waals surface area (Å²) in [5.41, 5.74) is 16.8. The van der Waals surface area contributed by atoms with Gasteiger partial charge < -0.3 is 4.90 Å². The largest absolute Gasteiger partial charge is 0.310 e. The first-order valence-corrected chi connectivity index (χ1v) is 23.7. The van der Waals surface area contributed by atoms with Crippen molar-refractivity contribution in [1.29, 1.82) is 0 Å². The monoisotopic (exact) mass is 767 g/mol. The van der Waals surface area contributed by atoms with Crippen LogP contribution in [-0.4, -0.2) is 0 Å². The van der Waals surface area contributed by atoms with E-state index in [1.165, 1.54) is 124 Å². The van der Waals surface area contributed by atoms with Crippen molar-refractivity contribution < 1.29 is 0 Å². The second-order valence-corrected chi connectivity index (χ2v) is 21.6. The molecule has 0 aliphatic heterocycles. The van der Waals surface area contributed by atoms with Gasteiger partial charge in [-0.1, -0.05) is 91.0 Å². The topological polar surface area (TPSA) is 3.24 Å². The molecular formula is C56H49NS. The lowest BCUT2D eigenvalue weighted by molar-refractivity contribution is -0.0399. The molecule has 0 atom stereocenters. The van der Waals surface area contributed by atoms with Crippen LogP contribution < -0.4 is 4.90 Å². The van der Waals surface area contributed by atoms with Crippen molar-refractivity contribution in [3.63, 3.8) is 0 Å². The standard InChI is InChI=1S/C56H49NS/c1-4-11-47-42(8-1)46-30-40(17-19-49(46)55(47)36-22-32-20-33(24-36)25-37(55)23-32)57(41-16-18-44-43-9-3-6-15-52(43)58-53(44)31-41)51-14-7-13-50-54(51)45-10-2-5-12-48(45)56(50)38-26-34-21-35(28-38)29-39(56)27-34/h1-19,30-39H,20-29H2. The second-order valence-electron chi connectivity index (χ2n) is 20.5. The molecule has 6 aromatic carbocycles. The van der Waals surface area contributed by atoms with Crippen molar-refractivity contribution in [2.75, 3.05) is 4.90 Å². The van der Waals surface area contributed by atoms with Crippen LogP contribution in [0.15, 0.2) is 127 Å². The lowest BCUT2D eigenvalue weighted by atomic mass is 9.43. The summed E-state index contributed by atoms with van der Waals surface area (Å²) in [5.74, 6) is 6.81. The minimum Gasteiger partial charge on any atom is -0.310 e. The van der Waals surface area contributed by atoms with Crippen LogP contribution in [0.1, 0.15) is 86.5 Å². The molecule has 10 aliphatic rings. The number of rotatable bonds is 3. The van der Waals surface area contributed by atoms with Crippen LogP contribution in [0.2, 0.25) is 0 Å². The molecule has 8 bridgehead atoms.